The topological polar surface area (TPSA) is 0 Å². The third-order valence-electron chi connectivity index (χ3n) is 8.45. The fraction of sp³-hybridized carbons (Fsp3) is 0.318. The van der Waals surface area contributed by atoms with Crippen LogP contribution in [0.15, 0.2) is 115 Å². The van der Waals surface area contributed by atoms with Crippen LogP contribution in [0.4, 0.5) is 0 Å². The Hall–Kier alpha value is -2.22. The van der Waals surface area contributed by atoms with Gasteiger partial charge in [0.05, 0.1) is 0 Å². The summed E-state index contributed by atoms with van der Waals surface area (Å²) in [5, 5.41) is 5.44. The van der Waals surface area contributed by atoms with Crippen molar-refractivity contribution in [3.8, 4) is 22.3 Å². The van der Waals surface area contributed by atoms with Crippen LogP contribution >= 0.6 is 17.0 Å². The van der Waals surface area contributed by atoms with Crippen molar-refractivity contribution < 1.29 is 20.8 Å². The number of hydrogen-bond acceptors (Lipinski definition) is 0. The standard InChI is InChI=1S/C23H27.C19H19.C2H6Si.2ClH.Zr/c1-3-5-8-18-12-14-20(15-13-18)22-11-7-10-21-16-19(9-6-4-2)17-23(21)22;1-19(2,3)16-12-10-15(11-13-16)18-9-5-7-14-6-4-8-17(14)18;1-3-2;;;/h7,10-17H,3-6,8-9H2,1-2H3;4-13H,1-3H3;1-2H3;2*1H;/q2*-1;;;;+4/p-2. The van der Waals surface area contributed by atoms with E-state index in [0.29, 0.717) is 0 Å². The number of benzene rings is 4. The van der Waals surface area contributed by atoms with Crippen molar-refractivity contribution in [3.63, 3.8) is 0 Å². The summed E-state index contributed by atoms with van der Waals surface area (Å²) in [5.41, 5.74) is 9.85. The van der Waals surface area contributed by atoms with Crippen LogP contribution in [0.5, 0.6) is 0 Å². The van der Waals surface area contributed by atoms with Crippen LogP contribution in [-0.4, -0.2) is 9.52 Å². The molecule has 0 aromatic heterocycles. The molecule has 0 aliphatic heterocycles. The average Bonchev–Trinajstić information content (AvgIpc) is 3.75. The third-order valence-corrected chi connectivity index (χ3v) is 8.45. The van der Waals surface area contributed by atoms with Crippen molar-refractivity contribution in [2.75, 3.05) is 0 Å². The maximum absolute atomic E-state index is 4.93. The summed E-state index contributed by atoms with van der Waals surface area (Å²) < 4.78 is 0. The van der Waals surface area contributed by atoms with Crippen LogP contribution in [-0.2, 0) is 39.1 Å². The van der Waals surface area contributed by atoms with Gasteiger partial charge in [-0.25, -0.2) is 0 Å². The predicted molar refractivity (Wildman–Crippen MR) is 215 cm³/mol. The van der Waals surface area contributed by atoms with Gasteiger partial charge in [0.25, 0.3) is 0 Å². The number of hydrogen-bond donors (Lipinski definition) is 0. The monoisotopic (exact) mass is 768 g/mol. The van der Waals surface area contributed by atoms with Crippen LogP contribution in [0, 0.1) is 0 Å². The van der Waals surface area contributed by atoms with Gasteiger partial charge in [-0.3, -0.25) is 0 Å². The molecule has 4 heteroatoms. The molecule has 250 valence electrons. The number of rotatable bonds is 8. The molecule has 6 aromatic rings. The molecule has 0 spiro atoms. The average molecular weight is 771 g/mol. The fourth-order valence-electron chi connectivity index (χ4n) is 5.87. The second kappa shape index (κ2) is 21.1. The van der Waals surface area contributed by atoms with Crippen molar-refractivity contribution in [1.82, 2.24) is 0 Å². The van der Waals surface area contributed by atoms with E-state index in [0.717, 1.165) is 9.52 Å². The van der Waals surface area contributed by atoms with Crippen LogP contribution in [0.2, 0.25) is 13.1 Å². The van der Waals surface area contributed by atoms with Gasteiger partial charge >= 0.3 is 37.9 Å². The van der Waals surface area contributed by atoms with Crippen LogP contribution in [0.25, 0.3) is 43.8 Å². The molecule has 0 unspecified atom stereocenters. The first-order chi connectivity index (χ1) is 23.2. The normalized spacial score (nSPS) is 10.7. The molecule has 0 bridgehead atoms. The van der Waals surface area contributed by atoms with Gasteiger partial charge in [-0.05, 0) is 46.9 Å². The van der Waals surface area contributed by atoms with Gasteiger partial charge in [0.2, 0.25) is 0 Å². The number of halogens is 2. The SMILES string of the molecule is CC(C)(C)c1ccc(-c2cccc3[cH-]ccc23)cc1.CCCCc1ccc(-c2cccc3[cH-]c(CCCC)cc23)cc1.C[Si]C.[Cl][Zr+2][Cl]. The van der Waals surface area contributed by atoms with E-state index in [4.69, 9.17) is 17.0 Å². The number of fused-ring (bicyclic) bond motifs is 2. The molecule has 0 nitrogen and oxygen atoms in total. The Balaban J connectivity index is 0.000000227. The summed E-state index contributed by atoms with van der Waals surface area (Å²) in [6.07, 6.45) is 7.46. The van der Waals surface area contributed by atoms with E-state index in [1.54, 1.807) is 0 Å². The van der Waals surface area contributed by atoms with E-state index in [1.165, 1.54) is 99.0 Å². The molecule has 0 aliphatic rings. The van der Waals surface area contributed by atoms with Crippen molar-refractivity contribution in [3.05, 3.63) is 132 Å². The Bertz CT molecular complexity index is 1750. The Morgan fingerprint density at radius 2 is 1.19 bits per heavy atom. The Morgan fingerprint density at radius 1 is 0.667 bits per heavy atom. The summed E-state index contributed by atoms with van der Waals surface area (Å²) in [6, 6.07) is 42.6. The van der Waals surface area contributed by atoms with Gasteiger partial charge in [0.15, 0.2) is 0 Å². The molecule has 0 saturated carbocycles. The Kier molecular flexibility index (Phi) is 17.7. The molecular formula is C44H52Cl2SiZr. The number of unbranched alkanes of at least 4 members (excludes halogenated alkanes) is 2. The molecule has 6 aromatic carbocycles. The molecule has 2 radical (unpaired) electrons. The second-order valence-electron chi connectivity index (χ2n) is 13.3. The van der Waals surface area contributed by atoms with Gasteiger partial charge in [-0.1, -0.05) is 139 Å². The first-order valence-electron chi connectivity index (χ1n) is 17.3. The molecule has 0 saturated heterocycles. The fourth-order valence-corrected chi connectivity index (χ4v) is 5.87. The minimum atomic E-state index is -0.826. The third kappa shape index (κ3) is 12.0. The van der Waals surface area contributed by atoms with Gasteiger partial charge < -0.3 is 0 Å². The summed E-state index contributed by atoms with van der Waals surface area (Å²) >= 11 is -0.826. The Morgan fingerprint density at radius 3 is 1.75 bits per heavy atom. The van der Waals surface area contributed by atoms with Crippen molar-refractivity contribution >= 4 is 48.1 Å². The second-order valence-corrected chi connectivity index (χ2v) is 18.0. The van der Waals surface area contributed by atoms with Crippen LogP contribution in [0.1, 0.15) is 77.0 Å². The molecule has 0 fully saturated rings. The van der Waals surface area contributed by atoms with E-state index in [2.05, 4.69) is 163 Å². The van der Waals surface area contributed by atoms with Gasteiger partial charge in [-0.2, -0.15) is 18.2 Å². The zero-order valence-electron chi connectivity index (χ0n) is 30.0. The minimum absolute atomic E-state index is 0.213. The first-order valence-corrected chi connectivity index (χ1v) is 25.6. The summed E-state index contributed by atoms with van der Waals surface area (Å²) in [4.78, 5) is 0. The molecule has 0 N–H and O–H groups in total. The molecular weight excluding hydrogens is 719 g/mol. The maximum atomic E-state index is 4.93. The summed E-state index contributed by atoms with van der Waals surface area (Å²) in [7, 11) is 11.0. The molecule has 48 heavy (non-hydrogen) atoms. The van der Waals surface area contributed by atoms with Gasteiger partial charge in [0.1, 0.15) is 0 Å². The van der Waals surface area contributed by atoms with E-state index < -0.39 is 20.8 Å². The number of aryl methyl sites for hydroxylation is 2. The summed E-state index contributed by atoms with van der Waals surface area (Å²) in [6.45, 7) is 15.6. The van der Waals surface area contributed by atoms with E-state index in [-0.39, 0.29) is 5.41 Å². The quantitative estimate of drug-likeness (QED) is 0.107. The molecule has 0 aliphatic carbocycles. The van der Waals surface area contributed by atoms with Gasteiger partial charge in [0, 0.05) is 9.52 Å². The van der Waals surface area contributed by atoms with E-state index in [1.807, 2.05) is 0 Å². The molecule has 0 heterocycles. The van der Waals surface area contributed by atoms with Crippen LogP contribution in [0.3, 0.4) is 0 Å². The van der Waals surface area contributed by atoms with Crippen molar-refractivity contribution in [2.45, 2.75) is 91.7 Å². The first kappa shape index (κ1) is 40.2. The predicted octanol–water partition coefficient (Wildman–Crippen LogP) is 14.6. The summed E-state index contributed by atoms with van der Waals surface area (Å²) in [5.74, 6) is 0. The molecule has 0 atom stereocenters. The van der Waals surface area contributed by atoms with E-state index in [9.17, 15) is 0 Å². The molecule has 6 rings (SSSR count). The molecule has 0 amide bonds. The van der Waals surface area contributed by atoms with Crippen molar-refractivity contribution in [2.24, 2.45) is 0 Å². The van der Waals surface area contributed by atoms with E-state index >= 15 is 0 Å². The zero-order chi connectivity index (χ0) is 34.9. The van der Waals surface area contributed by atoms with Crippen molar-refractivity contribution in [1.29, 1.82) is 0 Å². The van der Waals surface area contributed by atoms with Crippen LogP contribution < -0.4 is 0 Å². The Labute approximate surface area is 312 Å². The van der Waals surface area contributed by atoms with Gasteiger partial charge in [-0.15, -0.1) is 63.5 Å². The zero-order valence-corrected chi connectivity index (χ0v) is 34.9.